The second kappa shape index (κ2) is 9.72. The van der Waals surface area contributed by atoms with Gasteiger partial charge in [-0.2, -0.15) is 4.31 Å². The van der Waals surface area contributed by atoms with Gasteiger partial charge in [0, 0.05) is 37.8 Å². The van der Waals surface area contributed by atoms with E-state index < -0.39 is 21.4 Å². The third kappa shape index (κ3) is 4.79. The van der Waals surface area contributed by atoms with Crippen molar-refractivity contribution in [1.82, 2.24) is 14.2 Å². The molecule has 0 saturated carbocycles. The lowest BCUT2D eigenvalue weighted by Crippen LogP contribution is -2.42. The van der Waals surface area contributed by atoms with Gasteiger partial charge in [-0.25, -0.2) is 8.42 Å². The van der Waals surface area contributed by atoms with Gasteiger partial charge in [0.25, 0.3) is 5.91 Å². The Labute approximate surface area is 200 Å². The predicted octanol–water partition coefficient (Wildman–Crippen LogP) is 3.62. The lowest BCUT2D eigenvalue weighted by atomic mass is 9.94. The summed E-state index contributed by atoms with van der Waals surface area (Å²) in [5.41, 5.74) is 1.06. The van der Waals surface area contributed by atoms with E-state index in [1.165, 1.54) is 10.4 Å². The maximum absolute atomic E-state index is 13.4. The lowest BCUT2D eigenvalue weighted by Gasteiger charge is -2.34. The molecule has 7 nitrogen and oxygen atoms in total. The predicted molar refractivity (Wildman–Crippen MR) is 133 cm³/mol. The molecule has 0 unspecified atom stereocenters. The highest BCUT2D eigenvalue weighted by molar-refractivity contribution is 7.89. The van der Waals surface area contributed by atoms with Gasteiger partial charge in [0.2, 0.25) is 15.5 Å². The zero-order valence-corrected chi connectivity index (χ0v) is 20.6. The Balaban J connectivity index is 1.72. The third-order valence-electron chi connectivity index (χ3n) is 6.41. The summed E-state index contributed by atoms with van der Waals surface area (Å²) >= 11 is 0. The van der Waals surface area contributed by atoms with Crippen LogP contribution in [0.25, 0.3) is 10.9 Å². The fourth-order valence-electron chi connectivity index (χ4n) is 4.78. The van der Waals surface area contributed by atoms with E-state index in [2.05, 4.69) is 19.2 Å². The standard InChI is InChI=1S/C26H31N3O4S/c1-4-28-17-23(26(31)27-14-20-8-6-5-7-9-20)25(30)22-13-21(10-11-24(22)28)34(32,33)29-15-18(2)12-19(3)16-29/h5-11,13,17-19H,4,12,14-16H2,1-3H3,(H,27,31)/t18-,19-/m1/s1. The van der Waals surface area contributed by atoms with Crippen LogP contribution in [0.2, 0.25) is 0 Å². The lowest BCUT2D eigenvalue weighted by molar-refractivity contribution is 0.0949. The molecule has 4 rings (SSSR count). The van der Waals surface area contributed by atoms with Crippen LogP contribution in [0.3, 0.4) is 0 Å². The minimum atomic E-state index is -3.75. The number of hydrogen-bond donors (Lipinski definition) is 1. The van der Waals surface area contributed by atoms with Crippen LogP contribution < -0.4 is 10.7 Å². The normalized spacial score (nSPS) is 19.3. The molecule has 0 bridgehead atoms. The molecule has 180 valence electrons. The molecule has 2 aromatic carbocycles. The average molecular weight is 482 g/mol. The fraction of sp³-hybridized carbons (Fsp3) is 0.385. The Hall–Kier alpha value is -2.97. The highest BCUT2D eigenvalue weighted by Crippen LogP contribution is 2.28. The second-order valence-electron chi connectivity index (χ2n) is 9.27. The first kappa shape index (κ1) is 24.2. The van der Waals surface area contributed by atoms with E-state index in [0.29, 0.717) is 31.7 Å². The first-order valence-corrected chi connectivity index (χ1v) is 13.1. The van der Waals surface area contributed by atoms with Crippen LogP contribution in [0, 0.1) is 11.8 Å². The van der Waals surface area contributed by atoms with E-state index in [-0.39, 0.29) is 27.7 Å². The molecular weight excluding hydrogens is 450 g/mol. The number of benzene rings is 2. The SMILES string of the molecule is CCn1cc(C(=O)NCc2ccccc2)c(=O)c2cc(S(=O)(=O)N3C[C@H](C)C[C@@H](C)C3)ccc21. The summed E-state index contributed by atoms with van der Waals surface area (Å²) in [6.07, 6.45) is 2.54. The minimum Gasteiger partial charge on any atom is -0.348 e. The zero-order chi connectivity index (χ0) is 24.5. The fourth-order valence-corrected chi connectivity index (χ4v) is 6.49. The molecule has 1 N–H and O–H groups in total. The van der Waals surface area contributed by atoms with Gasteiger partial charge in [-0.3, -0.25) is 9.59 Å². The maximum atomic E-state index is 13.4. The van der Waals surface area contributed by atoms with Gasteiger partial charge >= 0.3 is 0 Å². The molecule has 1 fully saturated rings. The van der Waals surface area contributed by atoms with E-state index in [4.69, 9.17) is 0 Å². The highest BCUT2D eigenvalue weighted by Gasteiger charge is 2.32. The van der Waals surface area contributed by atoms with E-state index in [0.717, 1.165) is 12.0 Å². The molecule has 1 aliphatic heterocycles. The van der Waals surface area contributed by atoms with Gasteiger partial charge in [0.1, 0.15) is 5.56 Å². The molecule has 1 amide bonds. The summed E-state index contributed by atoms with van der Waals surface area (Å²) in [7, 11) is -3.75. The van der Waals surface area contributed by atoms with E-state index >= 15 is 0 Å². The zero-order valence-electron chi connectivity index (χ0n) is 19.8. The molecule has 0 aliphatic carbocycles. The number of sulfonamides is 1. The van der Waals surface area contributed by atoms with Crippen molar-refractivity contribution in [3.05, 3.63) is 76.1 Å². The number of carbonyl (C=O) groups excluding carboxylic acids is 1. The Morgan fingerprint density at radius 3 is 2.38 bits per heavy atom. The van der Waals surface area contributed by atoms with Gasteiger partial charge in [-0.1, -0.05) is 44.2 Å². The van der Waals surface area contributed by atoms with Crippen LogP contribution in [-0.2, 0) is 23.1 Å². The van der Waals surface area contributed by atoms with Gasteiger partial charge in [-0.15, -0.1) is 0 Å². The number of aromatic nitrogens is 1. The molecule has 34 heavy (non-hydrogen) atoms. The molecule has 2 atom stereocenters. The summed E-state index contributed by atoms with van der Waals surface area (Å²) in [6, 6.07) is 14.1. The maximum Gasteiger partial charge on any atom is 0.257 e. The number of nitrogens with zero attached hydrogens (tertiary/aromatic N) is 2. The summed E-state index contributed by atoms with van der Waals surface area (Å²) in [4.78, 5) is 26.3. The Morgan fingerprint density at radius 2 is 1.74 bits per heavy atom. The number of fused-ring (bicyclic) bond motifs is 1. The van der Waals surface area contributed by atoms with Gasteiger partial charge in [0.05, 0.1) is 10.4 Å². The highest BCUT2D eigenvalue weighted by atomic mass is 32.2. The van der Waals surface area contributed by atoms with Crippen molar-refractivity contribution in [2.75, 3.05) is 13.1 Å². The number of amides is 1. The number of nitrogens with one attached hydrogen (secondary N) is 1. The number of aryl methyl sites for hydroxylation is 1. The minimum absolute atomic E-state index is 0.0000426. The molecule has 0 spiro atoms. The number of piperidine rings is 1. The van der Waals surface area contributed by atoms with E-state index in [9.17, 15) is 18.0 Å². The molecule has 2 heterocycles. The molecule has 1 saturated heterocycles. The van der Waals surface area contributed by atoms with Crippen molar-refractivity contribution >= 4 is 26.8 Å². The van der Waals surface area contributed by atoms with Crippen LogP contribution in [-0.4, -0.2) is 36.3 Å². The van der Waals surface area contributed by atoms with Crippen molar-refractivity contribution in [2.24, 2.45) is 11.8 Å². The quantitative estimate of drug-likeness (QED) is 0.583. The Kier molecular flexibility index (Phi) is 6.91. The van der Waals surface area contributed by atoms with Crippen molar-refractivity contribution in [3.63, 3.8) is 0 Å². The summed E-state index contributed by atoms with van der Waals surface area (Å²) in [6.45, 7) is 7.78. The third-order valence-corrected chi connectivity index (χ3v) is 8.23. The molecule has 8 heteroatoms. The molecule has 1 aliphatic rings. The first-order valence-electron chi connectivity index (χ1n) is 11.7. The van der Waals surface area contributed by atoms with Gasteiger partial charge in [0.15, 0.2) is 0 Å². The smallest absolute Gasteiger partial charge is 0.257 e. The van der Waals surface area contributed by atoms with E-state index in [1.807, 2.05) is 37.3 Å². The summed E-state index contributed by atoms with van der Waals surface area (Å²) < 4.78 is 30.1. The number of carbonyl (C=O) groups is 1. The number of rotatable bonds is 6. The van der Waals surface area contributed by atoms with Gasteiger partial charge in [-0.05, 0) is 48.9 Å². The Bertz CT molecular complexity index is 1360. The Morgan fingerprint density at radius 1 is 1.06 bits per heavy atom. The largest absolute Gasteiger partial charge is 0.348 e. The van der Waals surface area contributed by atoms with Crippen LogP contribution >= 0.6 is 0 Å². The number of pyridine rings is 1. The summed E-state index contributed by atoms with van der Waals surface area (Å²) in [5, 5.41) is 3.03. The molecule has 1 aromatic heterocycles. The van der Waals surface area contributed by atoms with E-state index in [1.54, 1.807) is 22.9 Å². The van der Waals surface area contributed by atoms with Gasteiger partial charge < -0.3 is 9.88 Å². The van der Waals surface area contributed by atoms with Crippen molar-refractivity contribution < 1.29 is 13.2 Å². The van der Waals surface area contributed by atoms with Crippen molar-refractivity contribution in [2.45, 2.75) is 45.2 Å². The van der Waals surface area contributed by atoms with Crippen LogP contribution in [0.5, 0.6) is 0 Å². The topological polar surface area (TPSA) is 88.5 Å². The molecular formula is C26H31N3O4S. The second-order valence-corrected chi connectivity index (χ2v) is 11.2. The van der Waals surface area contributed by atoms with Crippen LogP contribution in [0.4, 0.5) is 0 Å². The molecule has 3 aromatic rings. The monoisotopic (exact) mass is 481 g/mol. The molecule has 0 radical (unpaired) electrons. The van der Waals surface area contributed by atoms with Crippen molar-refractivity contribution in [1.29, 1.82) is 0 Å². The first-order chi connectivity index (χ1) is 16.2. The van der Waals surface area contributed by atoms with Crippen LogP contribution in [0.15, 0.2) is 64.4 Å². The van der Waals surface area contributed by atoms with Crippen LogP contribution in [0.1, 0.15) is 43.1 Å². The summed E-state index contributed by atoms with van der Waals surface area (Å²) in [5.74, 6) is 0.0670. The number of hydrogen-bond acceptors (Lipinski definition) is 4. The van der Waals surface area contributed by atoms with Crippen molar-refractivity contribution in [3.8, 4) is 0 Å². The average Bonchev–Trinajstić information content (AvgIpc) is 2.82.